The normalized spacial score (nSPS) is 16.8. The summed E-state index contributed by atoms with van der Waals surface area (Å²) < 4.78 is 19.3. The molecular formula is C21H14FN5O3. The van der Waals surface area contributed by atoms with Crippen molar-refractivity contribution >= 4 is 0 Å². The Morgan fingerprint density at radius 3 is 2.80 bits per heavy atom. The Morgan fingerprint density at radius 1 is 1.27 bits per heavy atom. The third kappa shape index (κ3) is 3.69. The summed E-state index contributed by atoms with van der Waals surface area (Å²) in [6, 6.07) is 7.71. The van der Waals surface area contributed by atoms with Gasteiger partial charge >= 0.3 is 5.69 Å². The number of ether oxygens (including phenoxy) is 1. The lowest BCUT2D eigenvalue weighted by Gasteiger charge is -2.07. The van der Waals surface area contributed by atoms with E-state index in [0.717, 1.165) is 11.6 Å². The van der Waals surface area contributed by atoms with Crippen LogP contribution < -0.4 is 16.0 Å². The number of aromatic nitrogens is 4. The molecule has 2 aromatic heterocycles. The van der Waals surface area contributed by atoms with Crippen LogP contribution in [0.1, 0.15) is 29.0 Å². The lowest BCUT2D eigenvalue weighted by Crippen LogP contribution is -2.23. The molecule has 1 fully saturated rings. The fourth-order valence-electron chi connectivity index (χ4n) is 3.11. The first kappa shape index (κ1) is 19.1. The largest absolute Gasteiger partial charge is 0.480 e. The maximum absolute atomic E-state index is 14.0. The van der Waals surface area contributed by atoms with Gasteiger partial charge in [0.15, 0.2) is 0 Å². The number of aromatic amines is 2. The van der Waals surface area contributed by atoms with Crippen molar-refractivity contribution in [2.45, 2.75) is 12.3 Å². The monoisotopic (exact) mass is 403 g/mol. The molecule has 1 aliphatic rings. The van der Waals surface area contributed by atoms with Gasteiger partial charge < -0.3 is 9.72 Å². The third-order valence-electron chi connectivity index (χ3n) is 4.76. The van der Waals surface area contributed by atoms with E-state index in [9.17, 15) is 14.0 Å². The Balaban J connectivity index is 1.62. The van der Waals surface area contributed by atoms with Gasteiger partial charge in [0.1, 0.15) is 11.5 Å². The Bertz CT molecular complexity index is 1360. The van der Waals surface area contributed by atoms with E-state index in [0.29, 0.717) is 18.0 Å². The molecule has 0 amide bonds. The lowest BCUT2D eigenvalue weighted by atomic mass is 10.1. The first-order chi connectivity index (χ1) is 14.5. The summed E-state index contributed by atoms with van der Waals surface area (Å²) in [7, 11) is 1.47. The second-order valence-electron chi connectivity index (χ2n) is 6.70. The molecule has 9 heteroatoms. The number of hydrogen-bond acceptors (Lipinski definition) is 6. The molecule has 0 spiro atoms. The van der Waals surface area contributed by atoms with Crippen LogP contribution in [0.5, 0.6) is 5.88 Å². The molecule has 0 unspecified atom stereocenters. The SMILES string of the molecule is COc1nnc(-c2c[nH]c(=O)[nH]c2=O)cc1[C@H]1C[C@@H]1C#Cc1ccc(C#N)cc1F. The minimum Gasteiger partial charge on any atom is -0.480 e. The Kier molecular flexibility index (Phi) is 4.87. The number of nitrogens with zero attached hydrogens (tertiary/aromatic N) is 3. The van der Waals surface area contributed by atoms with Gasteiger partial charge in [0.05, 0.1) is 29.9 Å². The van der Waals surface area contributed by atoms with Crippen molar-refractivity contribution in [1.29, 1.82) is 5.26 Å². The van der Waals surface area contributed by atoms with E-state index < -0.39 is 17.1 Å². The van der Waals surface area contributed by atoms with Gasteiger partial charge in [0.2, 0.25) is 5.88 Å². The molecule has 148 valence electrons. The predicted molar refractivity (Wildman–Crippen MR) is 104 cm³/mol. The fourth-order valence-corrected chi connectivity index (χ4v) is 3.11. The van der Waals surface area contributed by atoms with Gasteiger partial charge in [0.25, 0.3) is 5.56 Å². The van der Waals surface area contributed by atoms with E-state index in [1.54, 1.807) is 6.07 Å². The first-order valence-electron chi connectivity index (χ1n) is 8.95. The van der Waals surface area contributed by atoms with Gasteiger partial charge in [0, 0.05) is 23.6 Å². The number of halogens is 1. The fraction of sp³-hybridized carbons (Fsp3) is 0.190. The van der Waals surface area contributed by atoms with Gasteiger partial charge in [-0.15, -0.1) is 10.2 Å². The van der Waals surface area contributed by atoms with Crippen molar-refractivity contribution in [2.75, 3.05) is 7.11 Å². The number of nitriles is 1. The molecule has 0 radical (unpaired) electrons. The average molecular weight is 403 g/mol. The maximum atomic E-state index is 14.0. The summed E-state index contributed by atoms with van der Waals surface area (Å²) in [5.41, 5.74) is 0.465. The van der Waals surface area contributed by atoms with Crippen molar-refractivity contribution in [3.8, 4) is 35.0 Å². The maximum Gasteiger partial charge on any atom is 0.325 e. The summed E-state index contributed by atoms with van der Waals surface area (Å²) in [4.78, 5) is 27.8. The zero-order valence-electron chi connectivity index (χ0n) is 15.7. The highest BCUT2D eigenvalue weighted by Gasteiger charge is 2.40. The number of nitrogens with one attached hydrogen (secondary N) is 2. The van der Waals surface area contributed by atoms with E-state index in [1.807, 2.05) is 6.07 Å². The lowest BCUT2D eigenvalue weighted by molar-refractivity contribution is 0.386. The number of methoxy groups -OCH3 is 1. The molecule has 2 heterocycles. The van der Waals surface area contributed by atoms with Crippen molar-refractivity contribution < 1.29 is 9.13 Å². The number of H-pyrrole nitrogens is 2. The van der Waals surface area contributed by atoms with Gasteiger partial charge in [-0.05, 0) is 30.7 Å². The smallest absolute Gasteiger partial charge is 0.325 e. The summed E-state index contributed by atoms with van der Waals surface area (Å²) in [5, 5.41) is 16.8. The van der Waals surface area contributed by atoms with Crippen molar-refractivity contribution in [3.05, 3.63) is 73.8 Å². The quantitative estimate of drug-likeness (QED) is 0.642. The number of benzene rings is 1. The molecule has 8 nitrogen and oxygen atoms in total. The number of hydrogen-bond donors (Lipinski definition) is 2. The van der Waals surface area contributed by atoms with Crippen molar-refractivity contribution in [1.82, 2.24) is 20.2 Å². The van der Waals surface area contributed by atoms with Gasteiger partial charge in [-0.1, -0.05) is 11.8 Å². The van der Waals surface area contributed by atoms with E-state index in [2.05, 4.69) is 32.0 Å². The van der Waals surface area contributed by atoms with Crippen LogP contribution in [0.25, 0.3) is 11.3 Å². The molecule has 1 aliphatic carbocycles. The second kappa shape index (κ2) is 7.64. The zero-order valence-corrected chi connectivity index (χ0v) is 15.7. The topological polar surface area (TPSA) is 125 Å². The highest BCUT2D eigenvalue weighted by atomic mass is 19.1. The van der Waals surface area contributed by atoms with Crippen LogP contribution in [0.3, 0.4) is 0 Å². The molecule has 30 heavy (non-hydrogen) atoms. The molecule has 3 aromatic rings. The molecule has 0 aliphatic heterocycles. The minimum absolute atomic E-state index is 0.00927. The molecule has 1 aromatic carbocycles. The van der Waals surface area contributed by atoms with Crippen LogP contribution in [0.4, 0.5) is 4.39 Å². The summed E-state index contributed by atoms with van der Waals surface area (Å²) >= 11 is 0. The molecule has 1 saturated carbocycles. The Labute approximate surface area is 169 Å². The molecule has 2 N–H and O–H groups in total. The zero-order chi connectivity index (χ0) is 21.3. The molecule has 4 rings (SSSR count). The molecule has 2 atom stereocenters. The van der Waals surface area contributed by atoms with Crippen LogP contribution in [0.2, 0.25) is 0 Å². The highest BCUT2D eigenvalue weighted by molar-refractivity contribution is 5.58. The average Bonchev–Trinajstić information content (AvgIpc) is 3.52. The van der Waals surface area contributed by atoms with Crippen LogP contribution in [0.15, 0.2) is 40.1 Å². The number of rotatable bonds is 3. The van der Waals surface area contributed by atoms with E-state index >= 15 is 0 Å². The van der Waals surface area contributed by atoms with Gasteiger partial charge in [-0.2, -0.15) is 5.26 Å². The van der Waals surface area contributed by atoms with E-state index in [4.69, 9.17) is 10.00 Å². The molecule has 0 saturated heterocycles. The highest BCUT2D eigenvalue weighted by Crippen LogP contribution is 2.49. The van der Waals surface area contributed by atoms with E-state index in [-0.39, 0.29) is 28.5 Å². The van der Waals surface area contributed by atoms with Crippen LogP contribution in [-0.2, 0) is 0 Å². The van der Waals surface area contributed by atoms with E-state index in [1.165, 1.54) is 25.4 Å². The predicted octanol–water partition coefficient (Wildman–Crippen LogP) is 1.69. The first-order valence-corrected chi connectivity index (χ1v) is 8.95. The van der Waals surface area contributed by atoms with Crippen LogP contribution in [-0.4, -0.2) is 27.3 Å². The second-order valence-corrected chi connectivity index (χ2v) is 6.70. The van der Waals surface area contributed by atoms with Crippen LogP contribution >= 0.6 is 0 Å². The molecular weight excluding hydrogens is 389 g/mol. The standard InChI is InChI=1S/C21H14FN5O3/c1-30-20-15(8-18(26-27-20)16-10-24-21(29)25-19(16)28)14-7-13(14)5-4-12-3-2-11(9-23)6-17(12)22/h2-3,6,8,10,13-14H,7H2,1H3,(H2,24,25,28,29)/t13-,14-/m0/s1. The molecule has 0 bridgehead atoms. The third-order valence-corrected chi connectivity index (χ3v) is 4.76. The van der Waals surface area contributed by atoms with Crippen LogP contribution in [0, 0.1) is 34.9 Å². The Hall–Kier alpha value is -4.24. The summed E-state index contributed by atoms with van der Waals surface area (Å²) in [6.07, 6.45) is 1.99. The summed E-state index contributed by atoms with van der Waals surface area (Å²) in [5.74, 6) is 5.58. The summed E-state index contributed by atoms with van der Waals surface area (Å²) in [6.45, 7) is 0. The van der Waals surface area contributed by atoms with Crippen molar-refractivity contribution in [2.24, 2.45) is 5.92 Å². The van der Waals surface area contributed by atoms with Crippen molar-refractivity contribution in [3.63, 3.8) is 0 Å². The van der Waals surface area contributed by atoms with Gasteiger partial charge in [-0.3, -0.25) is 9.78 Å². The Morgan fingerprint density at radius 2 is 2.10 bits per heavy atom. The van der Waals surface area contributed by atoms with Gasteiger partial charge in [-0.25, -0.2) is 9.18 Å². The minimum atomic E-state index is -0.613.